The molecule has 0 N–H and O–H groups in total. The van der Waals surface area contributed by atoms with E-state index in [9.17, 15) is 0 Å². The molecule has 0 radical (unpaired) electrons. The maximum Gasteiger partial charge on any atom is 0.133 e. The largest absolute Gasteiger partial charge is 0.192 e. The van der Waals surface area contributed by atoms with Gasteiger partial charge in [-0.2, -0.15) is 10.5 Å². The fraction of sp³-hybridized carbons (Fsp3) is 0.200. The summed E-state index contributed by atoms with van der Waals surface area (Å²) in [6.07, 6.45) is 6.04. The van der Waals surface area contributed by atoms with Crippen molar-refractivity contribution in [2.45, 2.75) is 12.8 Å². The molecule has 82 valence electrons. The lowest BCUT2D eigenvalue weighted by atomic mass is 10.0. The fourth-order valence-corrected chi connectivity index (χ4v) is 1.72. The molecular weight excluding hydrogens is 208 g/mol. The average molecular weight is 220 g/mol. The van der Waals surface area contributed by atoms with E-state index in [4.69, 9.17) is 10.5 Å². The molecule has 0 unspecified atom stereocenters. The van der Waals surface area contributed by atoms with Crippen molar-refractivity contribution in [1.82, 2.24) is 0 Å². The Labute approximate surface area is 101 Å². The van der Waals surface area contributed by atoms with E-state index in [1.54, 1.807) is 0 Å². The third kappa shape index (κ3) is 2.83. The van der Waals surface area contributed by atoms with Gasteiger partial charge in [0.15, 0.2) is 0 Å². The van der Waals surface area contributed by atoms with Gasteiger partial charge in [0.1, 0.15) is 17.7 Å². The highest BCUT2D eigenvalue weighted by molar-refractivity contribution is 5.57. The van der Waals surface area contributed by atoms with Gasteiger partial charge in [-0.25, -0.2) is 0 Å². The first-order chi connectivity index (χ1) is 8.35. The number of hydrogen-bond acceptors (Lipinski definition) is 2. The Morgan fingerprint density at radius 2 is 1.76 bits per heavy atom. The Morgan fingerprint density at radius 3 is 2.29 bits per heavy atom. The van der Waals surface area contributed by atoms with Crippen molar-refractivity contribution in [3.05, 3.63) is 53.1 Å². The maximum atomic E-state index is 8.91. The Balaban J connectivity index is 2.27. The van der Waals surface area contributed by atoms with Crippen molar-refractivity contribution in [3.8, 4) is 12.1 Å². The van der Waals surface area contributed by atoms with Gasteiger partial charge in [0.05, 0.1) is 0 Å². The first-order valence-electron chi connectivity index (χ1n) is 5.62. The second kappa shape index (κ2) is 5.14. The highest BCUT2D eigenvalue weighted by atomic mass is 14.3. The Morgan fingerprint density at radius 1 is 1.12 bits per heavy atom. The van der Waals surface area contributed by atoms with E-state index in [1.807, 2.05) is 54.6 Å². The van der Waals surface area contributed by atoms with Gasteiger partial charge in [0.2, 0.25) is 0 Å². The summed E-state index contributed by atoms with van der Waals surface area (Å²) in [7, 11) is 0. The second-order valence-corrected chi connectivity index (χ2v) is 4.07. The molecule has 2 rings (SSSR count). The quantitative estimate of drug-likeness (QED) is 0.578. The zero-order chi connectivity index (χ0) is 12.1. The Bertz CT molecular complexity index is 519. The number of allylic oxidation sites excluding steroid dienone is 3. The predicted octanol–water partition coefficient (Wildman–Crippen LogP) is 3.45. The molecule has 0 spiro atoms. The third-order valence-electron chi connectivity index (χ3n) is 2.78. The standard InChI is InChI=1S/C15H12N2/c16-10-14(11-17)15(13-7-8-13)9-6-12-4-2-1-3-5-12/h1-6,9,13H,7-8H2. The molecule has 1 aliphatic carbocycles. The van der Waals surface area contributed by atoms with Gasteiger partial charge in [-0.15, -0.1) is 0 Å². The first-order valence-corrected chi connectivity index (χ1v) is 5.62. The molecule has 0 atom stereocenters. The van der Waals surface area contributed by atoms with Gasteiger partial charge in [0.25, 0.3) is 0 Å². The number of rotatable bonds is 3. The van der Waals surface area contributed by atoms with Crippen LogP contribution >= 0.6 is 0 Å². The minimum Gasteiger partial charge on any atom is -0.192 e. The summed E-state index contributed by atoms with van der Waals surface area (Å²) in [5.41, 5.74) is 2.22. The molecular formula is C15H12N2. The van der Waals surface area contributed by atoms with Crippen LogP contribution in [0.5, 0.6) is 0 Å². The van der Waals surface area contributed by atoms with Crippen LogP contribution in [-0.2, 0) is 0 Å². The monoisotopic (exact) mass is 220 g/mol. The summed E-state index contributed by atoms with van der Waals surface area (Å²) >= 11 is 0. The molecule has 0 heterocycles. The molecule has 1 aromatic carbocycles. The van der Waals surface area contributed by atoms with Crippen LogP contribution < -0.4 is 0 Å². The molecule has 0 amide bonds. The molecule has 2 heteroatoms. The van der Waals surface area contributed by atoms with E-state index in [-0.39, 0.29) is 5.57 Å². The summed E-state index contributed by atoms with van der Waals surface area (Å²) < 4.78 is 0. The van der Waals surface area contributed by atoms with Crippen LogP contribution in [-0.4, -0.2) is 0 Å². The summed E-state index contributed by atoms with van der Waals surface area (Å²) in [6.45, 7) is 0. The fourth-order valence-electron chi connectivity index (χ4n) is 1.72. The maximum absolute atomic E-state index is 8.91. The van der Waals surface area contributed by atoms with Crippen molar-refractivity contribution in [2.24, 2.45) is 5.92 Å². The van der Waals surface area contributed by atoms with Crippen molar-refractivity contribution < 1.29 is 0 Å². The van der Waals surface area contributed by atoms with E-state index in [2.05, 4.69) is 0 Å². The molecule has 2 nitrogen and oxygen atoms in total. The zero-order valence-corrected chi connectivity index (χ0v) is 9.43. The SMILES string of the molecule is N#CC(C#N)=C(C=Cc1ccccc1)C1CC1. The van der Waals surface area contributed by atoms with Crippen molar-refractivity contribution in [3.63, 3.8) is 0 Å². The average Bonchev–Trinajstić information content (AvgIpc) is 3.20. The van der Waals surface area contributed by atoms with Crippen LogP contribution in [0.3, 0.4) is 0 Å². The van der Waals surface area contributed by atoms with Crippen LogP contribution in [0.15, 0.2) is 47.6 Å². The Kier molecular flexibility index (Phi) is 3.38. The minimum absolute atomic E-state index is 0.250. The van der Waals surface area contributed by atoms with Crippen LogP contribution in [0.1, 0.15) is 18.4 Å². The van der Waals surface area contributed by atoms with Crippen LogP contribution in [0.4, 0.5) is 0 Å². The summed E-state index contributed by atoms with van der Waals surface area (Å²) in [4.78, 5) is 0. The minimum atomic E-state index is 0.250. The van der Waals surface area contributed by atoms with Gasteiger partial charge in [0, 0.05) is 0 Å². The normalized spacial score (nSPS) is 14.0. The summed E-state index contributed by atoms with van der Waals surface area (Å²) in [5, 5.41) is 17.8. The third-order valence-corrected chi connectivity index (χ3v) is 2.78. The number of nitrogens with zero attached hydrogens (tertiary/aromatic N) is 2. The molecule has 0 bridgehead atoms. The van der Waals surface area contributed by atoms with E-state index >= 15 is 0 Å². The number of hydrogen-bond donors (Lipinski definition) is 0. The van der Waals surface area contributed by atoms with Gasteiger partial charge in [-0.3, -0.25) is 0 Å². The molecule has 0 saturated heterocycles. The van der Waals surface area contributed by atoms with E-state index < -0.39 is 0 Å². The lowest BCUT2D eigenvalue weighted by molar-refractivity contribution is 1.04. The molecule has 1 fully saturated rings. The molecule has 0 aromatic heterocycles. The smallest absolute Gasteiger partial charge is 0.133 e. The highest BCUT2D eigenvalue weighted by Gasteiger charge is 2.27. The van der Waals surface area contributed by atoms with Crippen molar-refractivity contribution in [1.29, 1.82) is 10.5 Å². The van der Waals surface area contributed by atoms with Gasteiger partial charge in [-0.1, -0.05) is 42.5 Å². The number of benzene rings is 1. The molecule has 0 aliphatic heterocycles. The van der Waals surface area contributed by atoms with Gasteiger partial charge >= 0.3 is 0 Å². The molecule has 17 heavy (non-hydrogen) atoms. The summed E-state index contributed by atoms with van der Waals surface area (Å²) in [5.74, 6) is 0.407. The van der Waals surface area contributed by atoms with Crippen LogP contribution in [0.2, 0.25) is 0 Å². The molecule has 1 aliphatic rings. The Hall–Kier alpha value is -2.32. The molecule has 1 aromatic rings. The van der Waals surface area contributed by atoms with Crippen LogP contribution in [0, 0.1) is 28.6 Å². The highest BCUT2D eigenvalue weighted by Crippen LogP contribution is 2.38. The lowest BCUT2D eigenvalue weighted by Crippen LogP contribution is -1.87. The summed E-state index contributed by atoms with van der Waals surface area (Å²) in [6, 6.07) is 13.9. The van der Waals surface area contributed by atoms with Crippen LogP contribution in [0.25, 0.3) is 6.08 Å². The second-order valence-electron chi connectivity index (χ2n) is 4.07. The topological polar surface area (TPSA) is 47.6 Å². The van der Waals surface area contributed by atoms with E-state index in [0.29, 0.717) is 5.92 Å². The van der Waals surface area contributed by atoms with Crippen molar-refractivity contribution >= 4 is 6.08 Å². The molecule has 1 saturated carbocycles. The number of nitriles is 2. The lowest BCUT2D eigenvalue weighted by Gasteiger charge is -1.98. The van der Waals surface area contributed by atoms with E-state index in [1.165, 1.54) is 0 Å². The van der Waals surface area contributed by atoms with E-state index in [0.717, 1.165) is 24.0 Å². The van der Waals surface area contributed by atoms with Crippen molar-refractivity contribution in [2.75, 3.05) is 0 Å². The van der Waals surface area contributed by atoms with Gasteiger partial charge < -0.3 is 0 Å². The predicted molar refractivity (Wildman–Crippen MR) is 66.5 cm³/mol. The zero-order valence-electron chi connectivity index (χ0n) is 9.43. The first kappa shape index (κ1) is 11.2. The van der Waals surface area contributed by atoms with Gasteiger partial charge in [-0.05, 0) is 29.9 Å².